The van der Waals surface area contributed by atoms with Crippen LogP contribution in [0.1, 0.15) is 16.8 Å². The summed E-state index contributed by atoms with van der Waals surface area (Å²) in [6, 6.07) is 5.26. The van der Waals surface area contributed by atoms with Crippen molar-refractivity contribution in [2.24, 2.45) is 23.5 Å². The normalized spacial score (nSPS) is 34.5. The average molecular weight is 320 g/mol. The number of phenols is 1. The zero-order valence-corrected chi connectivity index (χ0v) is 12.0. The number of rotatable bonds is 4. The van der Waals surface area contributed by atoms with E-state index in [1.807, 2.05) is 0 Å². The molecule has 0 bridgehead atoms. The molecule has 8 nitrogen and oxygen atoms in total. The third kappa shape index (κ3) is 2.22. The molecular formula is C15H16N2O6. The van der Waals surface area contributed by atoms with Gasteiger partial charge in [-0.15, -0.1) is 0 Å². The number of aromatic hydroxyl groups is 1. The van der Waals surface area contributed by atoms with E-state index >= 15 is 0 Å². The van der Waals surface area contributed by atoms with Gasteiger partial charge >= 0.3 is 11.9 Å². The van der Waals surface area contributed by atoms with Gasteiger partial charge in [-0.05, 0) is 24.5 Å². The van der Waals surface area contributed by atoms with Crippen molar-refractivity contribution >= 4 is 17.8 Å². The van der Waals surface area contributed by atoms with Gasteiger partial charge in [0.15, 0.2) is 0 Å². The van der Waals surface area contributed by atoms with E-state index in [0.717, 1.165) is 0 Å². The van der Waals surface area contributed by atoms with Crippen molar-refractivity contribution in [3.05, 3.63) is 29.8 Å². The molecule has 2 aliphatic rings. The van der Waals surface area contributed by atoms with Gasteiger partial charge in [-0.25, -0.2) is 0 Å². The minimum atomic E-state index is -1.66. The number of nitrogens with two attached hydrogens (primary N) is 1. The van der Waals surface area contributed by atoms with Gasteiger partial charge in [0, 0.05) is 12.0 Å². The Morgan fingerprint density at radius 1 is 1.22 bits per heavy atom. The number of carbonyl (C=O) groups excluding carboxylic acids is 1. The van der Waals surface area contributed by atoms with Crippen LogP contribution in [-0.4, -0.2) is 44.7 Å². The number of hydrogen-bond acceptors (Lipinski definition) is 5. The van der Waals surface area contributed by atoms with Crippen molar-refractivity contribution in [2.45, 2.75) is 18.0 Å². The highest BCUT2D eigenvalue weighted by molar-refractivity contribution is 5.97. The predicted octanol–water partition coefficient (Wildman–Crippen LogP) is -0.377. The van der Waals surface area contributed by atoms with Crippen LogP contribution in [0.25, 0.3) is 0 Å². The van der Waals surface area contributed by atoms with E-state index in [9.17, 15) is 29.7 Å². The third-order valence-electron chi connectivity index (χ3n) is 4.84. The fourth-order valence-corrected chi connectivity index (χ4v) is 3.74. The molecule has 6 N–H and O–H groups in total. The molecule has 2 aliphatic carbocycles. The molecule has 1 amide bonds. The van der Waals surface area contributed by atoms with Crippen LogP contribution in [0.2, 0.25) is 0 Å². The Balaban J connectivity index is 1.82. The number of aliphatic carboxylic acids is 2. The maximum absolute atomic E-state index is 12.2. The topological polar surface area (TPSA) is 150 Å². The molecule has 0 spiro atoms. The first-order valence-corrected chi connectivity index (χ1v) is 7.11. The van der Waals surface area contributed by atoms with Crippen LogP contribution in [-0.2, 0) is 9.59 Å². The third-order valence-corrected chi connectivity index (χ3v) is 4.84. The van der Waals surface area contributed by atoms with Gasteiger partial charge < -0.3 is 26.4 Å². The zero-order valence-electron chi connectivity index (χ0n) is 12.0. The highest BCUT2D eigenvalue weighted by atomic mass is 16.4. The molecule has 3 rings (SSSR count). The maximum atomic E-state index is 12.2. The molecule has 0 radical (unpaired) electrons. The Bertz CT molecular complexity index is 705. The van der Waals surface area contributed by atoms with Crippen molar-refractivity contribution < 1.29 is 29.7 Å². The van der Waals surface area contributed by atoms with Crippen molar-refractivity contribution in [1.82, 2.24) is 5.32 Å². The van der Waals surface area contributed by atoms with Gasteiger partial charge in [0.1, 0.15) is 11.3 Å². The highest BCUT2D eigenvalue weighted by Gasteiger charge is 2.74. The number of phenolic OH excluding ortho intramolecular Hbond substituents is 1. The van der Waals surface area contributed by atoms with E-state index in [4.69, 9.17) is 5.73 Å². The van der Waals surface area contributed by atoms with Crippen LogP contribution in [0.4, 0.5) is 0 Å². The zero-order chi connectivity index (χ0) is 16.9. The number of fused-ring (bicyclic) bond motifs is 1. The van der Waals surface area contributed by atoms with E-state index in [2.05, 4.69) is 5.32 Å². The van der Waals surface area contributed by atoms with Crippen molar-refractivity contribution in [3.8, 4) is 5.75 Å². The van der Waals surface area contributed by atoms with Crippen molar-refractivity contribution in [2.75, 3.05) is 0 Å². The number of hydrogen-bond donors (Lipinski definition) is 5. The first-order chi connectivity index (χ1) is 10.8. The summed E-state index contributed by atoms with van der Waals surface area (Å²) in [5, 5.41) is 30.8. The second kappa shape index (κ2) is 4.95. The molecule has 2 fully saturated rings. The Kier molecular flexibility index (Phi) is 3.29. The van der Waals surface area contributed by atoms with Crippen LogP contribution in [0.3, 0.4) is 0 Å². The minimum Gasteiger partial charge on any atom is -0.507 e. The van der Waals surface area contributed by atoms with Gasteiger partial charge in [0.25, 0.3) is 5.91 Å². The largest absolute Gasteiger partial charge is 0.507 e. The smallest absolute Gasteiger partial charge is 0.324 e. The van der Waals surface area contributed by atoms with Crippen LogP contribution in [0, 0.1) is 17.8 Å². The van der Waals surface area contributed by atoms with Crippen molar-refractivity contribution in [1.29, 1.82) is 0 Å². The Labute approximate surface area is 130 Å². The lowest BCUT2D eigenvalue weighted by molar-refractivity contribution is -0.145. The molecular weight excluding hydrogens is 304 g/mol. The van der Waals surface area contributed by atoms with E-state index in [-0.39, 0.29) is 17.7 Å². The van der Waals surface area contributed by atoms with Crippen LogP contribution in [0.15, 0.2) is 24.3 Å². The number of carboxylic acids is 2. The standard InChI is InChI=1S/C15H16N2O6/c16-15(14(22)23)5-7(9-10(11(9)15)13(20)21)17-12(19)6-3-1-2-4-8(6)18/h1-4,7,9-11,18H,5,16H2,(H,17,19)(H,20,21)(H,22,23)/t7-,9-,10-,11+,15-/m1/s1. The van der Waals surface area contributed by atoms with Gasteiger partial charge in [-0.2, -0.15) is 0 Å². The molecule has 5 atom stereocenters. The predicted molar refractivity (Wildman–Crippen MR) is 76.6 cm³/mol. The summed E-state index contributed by atoms with van der Waals surface area (Å²) >= 11 is 0. The first-order valence-electron chi connectivity index (χ1n) is 7.11. The molecule has 1 aromatic rings. The van der Waals surface area contributed by atoms with Crippen LogP contribution < -0.4 is 11.1 Å². The summed E-state index contributed by atoms with van der Waals surface area (Å²) in [5.41, 5.74) is 4.27. The molecule has 0 heterocycles. The summed E-state index contributed by atoms with van der Waals surface area (Å²) in [7, 11) is 0. The lowest BCUT2D eigenvalue weighted by atomic mass is 9.90. The van der Waals surface area contributed by atoms with Crippen LogP contribution >= 0.6 is 0 Å². The molecule has 2 saturated carbocycles. The summed E-state index contributed by atoms with van der Waals surface area (Å²) in [6.07, 6.45) is -0.0409. The Morgan fingerprint density at radius 2 is 1.87 bits per heavy atom. The molecule has 0 aliphatic heterocycles. The molecule has 0 saturated heterocycles. The first kappa shape index (κ1) is 15.3. The average Bonchev–Trinajstić information content (AvgIpc) is 3.16. The van der Waals surface area contributed by atoms with Gasteiger partial charge in [0.2, 0.25) is 0 Å². The minimum absolute atomic E-state index is 0.0409. The SMILES string of the molecule is N[C@]1(C(=O)O)C[C@@H](NC(=O)c2ccccc2O)[C@@H]2[C@@H](C(=O)O)[C@H]21. The lowest BCUT2D eigenvalue weighted by Crippen LogP contribution is -2.52. The molecule has 0 aromatic heterocycles. The highest BCUT2D eigenvalue weighted by Crippen LogP contribution is 2.61. The lowest BCUT2D eigenvalue weighted by Gasteiger charge is -2.25. The molecule has 122 valence electrons. The number of para-hydroxylation sites is 1. The van der Waals surface area contributed by atoms with E-state index < -0.39 is 47.2 Å². The summed E-state index contributed by atoms with van der Waals surface area (Å²) in [4.78, 5) is 34.9. The second-order valence-electron chi connectivity index (χ2n) is 6.11. The van der Waals surface area contributed by atoms with Gasteiger partial charge in [-0.3, -0.25) is 14.4 Å². The van der Waals surface area contributed by atoms with Gasteiger partial charge in [0.05, 0.1) is 11.5 Å². The number of nitrogens with one attached hydrogen (secondary N) is 1. The summed E-state index contributed by atoms with van der Waals surface area (Å²) in [5.74, 6) is -5.26. The second-order valence-corrected chi connectivity index (χ2v) is 6.11. The van der Waals surface area contributed by atoms with E-state index in [1.54, 1.807) is 12.1 Å². The number of carboxylic acid groups (broad SMARTS) is 2. The Hall–Kier alpha value is -2.61. The summed E-state index contributed by atoms with van der Waals surface area (Å²) < 4.78 is 0. The fourth-order valence-electron chi connectivity index (χ4n) is 3.74. The van der Waals surface area contributed by atoms with E-state index in [0.29, 0.717) is 0 Å². The molecule has 0 unspecified atom stereocenters. The number of carbonyl (C=O) groups is 3. The Morgan fingerprint density at radius 3 is 2.43 bits per heavy atom. The van der Waals surface area contributed by atoms with E-state index in [1.165, 1.54) is 12.1 Å². The number of benzene rings is 1. The quantitative estimate of drug-likeness (QED) is 0.507. The molecule has 8 heteroatoms. The van der Waals surface area contributed by atoms with Crippen LogP contribution in [0.5, 0.6) is 5.75 Å². The maximum Gasteiger partial charge on any atom is 0.324 e. The summed E-state index contributed by atoms with van der Waals surface area (Å²) in [6.45, 7) is 0. The fraction of sp³-hybridized carbons (Fsp3) is 0.400. The van der Waals surface area contributed by atoms with Gasteiger partial charge in [-0.1, -0.05) is 12.1 Å². The molecule has 23 heavy (non-hydrogen) atoms. The van der Waals surface area contributed by atoms with Crippen molar-refractivity contribution in [3.63, 3.8) is 0 Å². The molecule has 1 aromatic carbocycles. The number of amides is 1. The monoisotopic (exact) mass is 320 g/mol.